The maximum Gasteiger partial charge on any atom is 0.309 e. The molecule has 0 bridgehead atoms. The van der Waals surface area contributed by atoms with Crippen molar-refractivity contribution in [3.05, 3.63) is 144 Å². The maximum absolute atomic E-state index is 12.2. The molecule has 4 aromatic rings. The Balaban J connectivity index is 0.000000268. The number of hydrogen-bond acceptors (Lipinski definition) is 19. The minimum atomic E-state index is -3.19. The first-order valence-electron chi connectivity index (χ1n) is 36.9. The fraction of sp³-hybridized carbons (Fsp3) is 0.615. The number of nitrogens with two attached hydrogens (primary N) is 1. The van der Waals surface area contributed by atoms with Gasteiger partial charge in [-0.1, -0.05) is 142 Å². The highest BCUT2D eigenvalue weighted by atomic mass is 32.2. The lowest BCUT2D eigenvalue weighted by Crippen LogP contribution is -2.43. The van der Waals surface area contributed by atoms with Crippen molar-refractivity contribution < 1.29 is 79.9 Å². The number of rotatable bonds is 28. The molecule has 0 atom stereocenters. The number of carboxylic acids is 1. The van der Waals surface area contributed by atoms with Gasteiger partial charge in [0.2, 0.25) is 20.0 Å². The molecule has 0 spiro atoms. The number of esters is 4. The Kier molecular flexibility index (Phi) is 43.1. The number of carbonyl (C=O) groups excluding carboxylic acids is 5. The van der Waals surface area contributed by atoms with Crippen molar-refractivity contribution in [2.45, 2.75) is 219 Å². The predicted molar refractivity (Wildman–Crippen MR) is 396 cm³/mol. The minimum Gasteiger partial charge on any atom is -0.481 e. The fourth-order valence-corrected chi connectivity index (χ4v) is 15.7. The first kappa shape index (κ1) is 87.9. The smallest absolute Gasteiger partial charge is 0.309 e. The Morgan fingerprint density at radius 1 is 0.422 bits per heavy atom. The van der Waals surface area contributed by atoms with Gasteiger partial charge in [0.05, 0.1) is 55.3 Å². The van der Waals surface area contributed by atoms with Crippen molar-refractivity contribution in [2.75, 3.05) is 58.4 Å². The van der Waals surface area contributed by atoms with Crippen LogP contribution in [0.5, 0.6) is 0 Å². The summed E-state index contributed by atoms with van der Waals surface area (Å²) in [6.07, 6.45) is 20.6. The Morgan fingerprint density at radius 2 is 0.696 bits per heavy atom. The zero-order valence-electron chi connectivity index (χ0n) is 61.1. The summed E-state index contributed by atoms with van der Waals surface area (Å²) in [6, 6.07) is 39.9. The zero-order chi connectivity index (χ0) is 74.6. The van der Waals surface area contributed by atoms with E-state index in [1.165, 1.54) is 23.2 Å². The second kappa shape index (κ2) is 50.0. The Morgan fingerprint density at radius 3 is 0.951 bits per heavy atom. The fourth-order valence-electron chi connectivity index (χ4n) is 13.1. The lowest BCUT2D eigenvalue weighted by molar-refractivity contribution is -0.152. The summed E-state index contributed by atoms with van der Waals surface area (Å²) < 4.78 is 71.7. The lowest BCUT2D eigenvalue weighted by Gasteiger charge is -2.34. The number of ketones is 1. The van der Waals surface area contributed by atoms with Crippen molar-refractivity contribution in [3.63, 3.8) is 0 Å². The van der Waals surface area contributed by atoms with Crippen LogP contribution < -0.4 is 16.4 Å². The zero-order valence-corrected chi connectivity index (χ0v) is 62.8. The maximum atomic E-state index is 12.2. The summed E-state index contributed by atoms with van der Waals surface area (Å²) in [5.74, 6) is -1.30. The highest BCUT2D eigenvalue weighted by molar-refractivity contribution is 7.88. The van der Waals surface area contributed by atoms with Crippen LogP contribution in [0.3, 0.4) is 0 Å². The van der Waals surface area contributed by atoms with E-state index in [9.17, 15) is 45.6 Å². The first-order chi connectivity index (χ1) is 49.0. The number of aliphatic hydroxyl groups excluding tert-OH is 2. The number of carboxylic acid groups (broad SMARTS) is 1. The number of sulfonamides is 2. The lowest BCUT2D eigenvalue weighted by atomic mass is 9.86. The van der Waals surface area contributed by atoms with Gasteiger partial charge >= 0.3 is 29.8 Å². The van der Waals surface area contributed by atoms with Crippen molar-refractivity contribution in [2.24, 2.45) is 35.3 Å². The van der Waals surface area contributed by atoms with E-state index >= 15 is 0 Å². The van der Waals surface area contributed by atoms with E-state index in [0.29, 0.717) is 129 Å². The molecule has 0 saturated heterocycles. The van der Waals surface area contributed by atoms with Gasteiger partial charge in [0.1, 0.15) is 32.2 Å². The quantitative estimate of drug-likeness (QED) is 0.0227. The number of Topliss-reactive ketones (excluding diaryl/α,β-unsaturated/α-hetero) is 1. The molecule has 102 heavy (non-hydrogen) atoms. The van der Waals surface area contributed by atoms with Gasteiger partial charge in [0, 0.05) is 63.2 Å². The van der Waals surface area contributed by atoms with Crippen LogP contribution in [0.1, 0.15) is 191 Å². The first-order valence-corrected chi connectivity index (χ1v) is 40.6. The molecule has 5 saturated carbocycles. The van der Waals surface area contributed by atoms with E-state index in [1.54, 1.807) is 4.31 Å². The molecule has 9 rings (SSSR count). The normalized spacial score (nSPS) is 21.3. The van der Waals surface area contributed by atoms with E-state index in [0.717, 1.165) is 106 Å². The summed E-state index contributed by atoms with van der Waals surface area (Å²) in [4.78, 5) is 69.9. The van der Waals surface area contributed by atoms with E-state index in [2.05, 4.69) is 17.6 Å². The number of ether oxygens (including phenoxy) is 4. The van der Waals surface area contributed by atoms with E-state index in [4.69, 9.17) is 40.0 Å². The van der Waals surface area contributed by atoms with Gasteiger partial charge in [-0.25, -0.2) is 16.8 Å². The molecule has 22 nitrogen and oxygen atoms in total. The number of benzene rings is 4. The molecule has 0 radical (unpaired) electrons. The molecule has 7 N–H and O–H groups in total. The van der Waals surface area contributed by atoms with Crippen molar-refractivity contribution >= 4 is 55.7 Å². The second-order valence-corrected chi connectivity index (χ2v) is 30.9. The largest absolute Gasteiger partial charge is 0.481 e. The number of nitrogens with zero attached hydrogens (tertiary/aromatic N) is 2. The molecule has 0 unspecified atom stereocenters. The molecule has 5 aliphatic carbocycles. The number of hydrogen-bond donors (Lipinski definition) is 6. The van der Waals surface area contributed by atoms with Crippen LogP contribution in [-0.4, -0.2) is 159 Å². The van der Waals surface area contributed by atoms with Crippen LogP contribution in [0.25, 0.3) is 0 Å². The van der Waals surface area contributed by atoms with Crippen molar-refractivity contribution in [3.8, 4) is 0 Å². The molecular weight excluding hydrogens is 1340 g/mol. The number of aliphatic carboxylic acids is 1. The topological polar surface area (TPSA) is 325 Å². The Bertz CT molecular complexity index is 3110. The SMILES string of the molecule is CCCN(C1CCC(C(=O)O)CC1)S(C)(=O)=O.CCCN(C1CCC(C(=O)OCc2ccccc2)CC1)S(C)(=O)=O.CCCNC1CCC(C(=O)OCc2ccccc2)CC1.NCCO.O=C(OCc1ccccc1)C1CCC(NCCO)CC1.O=C1CCC(C(=O)OCc2ccccc2)CC1. The summed E-state index contributed by atoms with van der Waals surface area (Å²) in [6.45, 7) is 10.9. The third-order valence-electron chi connectivity index (χ3n) is 18.9. The molecule has 0 amide bonds. The highest BCUT2D eigenvalue weighted by Crippen LogP contribution is 2.32. The molecule has 0 aliphatic heterocycles. The Labute approximate surface area is 608 Å². The molecule has 24 heteroatoms. The standard InChI is InChI=1S/C18H27NO4S.C17H25NO2.C16H23NO3.C14H16O3.C11H21NO4S.C2H7NO/c1-3-13-19(24(2,21)22)17-11-9-16(10-12-17)18(20)23-14-15-7-5-4-6-8-15;1-2-12-18-16-10-8-15(9-11-16)17(19)20-13-14-6-4-3-5-7-14;18-11-10-17-15-8-6-14(7-9-15)16(19)20-12-13-4-2-1-3-5-13;15-13-8-6-12(7-9-13)14(16)17-10-11-4-2-1-3-5-11;1-3-8-12(17(2,15)16)10-6-4-9(5-7-10)11(13)14;3-1-2-4/h4-8,16-17H,3,9-14H2,1-2H3;3-7,15-16,18H,2,8-13H2,1H3;1-5,14-15,17-18H,6-12H2;1-5,12H,6-10H2;9-10H,3-8H2,1-2H3,(H,13,14);4H,1-3H2. The molecule has 570 valence electrons. The van der Waals surface area contributed by atoms with Crippen LogP contribution in [0.2, 0.25) is 0 Å². The van der Waals surface area contributed by atoms with Crippen molar-refractivity contribution in [1.29, 1.82) is 0 Å². The number of nitrogens with one attached hydrogen (secondary N) is 2. The molecule has 5 fully saturated rings. The van der Waals surface area contributed by atoms with Crippen molar-refractivity contribution in [1.82, 2.24) is 19.2 Å². The average molecular weight is 1460 g/mol. The van der Waals surface area contributed by atoms with Gasteiger partial charge in [-0.05, 0) is 164 Å². The summed E-state index contributed by atoms with van der Waals surface area (Å²) in [5, 5.41) is 32.2. The van der Waals surface area contributed by atoms with Gasteiger partial charge in [0.15, 0.2) is 0 Å². The van der Waals surface area contributed by atoms with Gasteiger partial charge in [-0.2, -0.15) is 8.61 Å². The third-order valence-corrected chi connectivity index (χ3v) is 21.5. The molecule has 0 heterocycles. The summed E-state index contributed by atoms with van der Waals surface area (Å²) >= 11 is 0. The van der Waals surface area contributed by atoms with Gasteiger partial charge in [-0.15, -0.1) is 0 Å². The van der Waals surface area contributed by atoms with Gasteiger partial charge in [-0.3, -0.25) is 28.8 Å². The molecule has 0 aromatic heterocycles. The highest BCUT2D eigenvalue weighted by Gasteiger charge is 2.35. The Hall–Kier alpha value is -6.48. The van der Waals surface area contributed by atoms with Crippen LogP contribution in [0.15, 0.2) is 121 Å². The predicted octanol–water partition coefficient (Wildman–Crippen LogP) is 10.8. The van der Waals surface area contributed by atoms with Gasteiger partial charge in [0.25, 0.3) is 0 Å². The van der Waals surface area contributed by atoms with Gasteiger partial charge < -0.3 is 50.6 Å². The summed E-state index contributed by atoms with van der Waals surface area (Å²) in [7, 11) is -6.37. The van der Waals surface area contributed by atoms with E-state index in [-0.39, 0.29) is 84.5 Å². The third kappa shape index (κ3) is 35.3. The van der Waals surface area contributed by atoms with E-state index in [1.807, 2.05) is 135 Å². The average Bonchev–Trinajstić information content (AvgIpc) is 0.837. The molecular formula is C78H119N5O17S2. The number of aliphatic hydroxyl groups is 2. The van der Waals surface area contributed by atoms with E-state index < -0.39 is 26.0 Å². The van der Waals surface area contributed by atoms with Crippen LogP contribution >= 0.6 is 0 Å². The molecule has 4 aromatic carbocycles. The van der Waals surface area contributed by atoms with Crippen LogP contribution in [0, 0.1) is 29.6 Å². The summed E-state index contributed by atoms with van der Waals surface area (Å²) in [5.41, 5.74) is 8.83. The second-order valence-electron chi connectivity index (χ2n) is 27.0. The monoisotopic (exact) mass is 1460 g/mol. The molecule has 5 aliphatic rings. The minimum absolute atomic E-state index is 0.0122. The van der Waals surface area contributed by atoms with Crippen LogP contribution in [-0.2, 0) is 94.2 Å². The van der Waals surface area contributed by atoms with Crippen LogP contribution in [0.4, 0.5) is 0 Å². The number of carbonyl (C=O) groups is 6.